The fraction of sp³-hybridized carbons (Fsp3) is 0.192. The van der Waals surface area contributed by atoms with Crippen molar-refractivity contribution in [3.8, 4) is 23.0 Å². The molecule has 0 radical (unpaired) electrons. The van der Waals surface area contributed by atoms with Crippen LogP contribution < -0.4 is 11.1 Å². The third-order valence-corrected chi connectivity index (χ3v) is 5.26. The fourth-order valence-corrected chi connectivity index (χ4v) is 3.82. The molecule has 0 aliphatic heterocycles. The molecule has 4 rings (SSSR count). The molecule has 0 bridgehead atoms. The van der Waals surface area contributed by atoms with Gasteiger partial charge >= 0.3 is 6.09 Å². The predicted octanol–water partition coefficient (Wildman–Crippen LogP) is 4.43. The highest BCUT2D eigenvalue weighted by molar-refractivity contribution is 5.79. The van der Waals surface area contributed by atoms with E-state index in [0.717, 1.165) is 11.1 Å². The smallest absolute Gasteiger partial charge is 0.407 e. The Hall–Kier alpha value is -3.55. The Morgan fingerprint density at radius 3 is 2.37 bits per heavy atom. The lowest BCUT2D eigenvalue weighted by atomic mass is 9.98. The number of carbonyl (C=O) groups is 1. The predicted molar refractivity (Wildman–Crippen MR) is 119 cm³/mol. The monoisotopic (exact) mass is 396 g/mol. The number of hydrogen-bond acceptors (Lipinski definition) is 3. The Bertz CT molecular complexity index is 1070. The van der Waals surface area contributed by atoms with E-state index in [1.54, 1.807) is 0 Å². The molecule has 1 aliphatic carbocycles. The zero-order valence-corrected chi connectivity index (χ0v) is 16.7. The number of hydrogen-bond donors (Lipinski definition) is 2. The Morgan fingerprint density at radius 1 is 0.967 bits per heavy atom. The van der Waals surface area contributed by atoms with Crippen molar-refractivity contribution in [1.29, 1.82) is 0 Å². The highest BCUT2D eigenvalue weighted by atomic mass is 16.5. The van der Waals surface area contributed by atoms with Crippen molar-refractivity contribution in [2.24, 2.45) is 5.73 Å². The molecule has 3 aromatic rings. The van der Waals surface area contributed by atoms with E-state index in [1.165, 1.54) is 22.3 Å². The van der Waals surface area contributed by atoms with Crippen LogP contribution in [0.1, 0.15) is 34.6 Å². The number of rotatable bonds is 5. The number of benzene rings is 3. The molecule has 0 aromatic heterocycles. The standard InChI is InChI=1S/C26H24N2O2/c27-17-20-10-7-9-19(16-20)8-5-6-15-28-26(29)30-18-25-23-13-3-1-11-21(23)22-12-2-4-14-24(22)25/h1-4,7,9-14,16,25H,6,15,17-18,27H2,(H,28,29). The van der Waals surface area contributed by atoms with Crippen LogP contribution in [0, 0.1) is 11.8 Å². The summed E-state index contributed by atoms with van der Waals surface area (Å²) in [5, 5.41) is 2.78. The van der Waals surface area contributed by atoms with Gasteiger partial charge in [-0.25, -0.2) is 4.79 Å². The van der Waals surface area contributed by atoms with Crippen LogP contribution in [-0.2, 0) is 11.3 Å². The van der Waals surface area contributed by atoms with Gasteiger partial charge in [0.2, 0.25) is 0 Å². The van der Waals surface area contributed by atoms with Crippen LogP contribution in [0.25, 0.3) is 11.1 Å². The number of nitrogens with one attached hydrogen (secondary N) is 1. The summed E-state index contributed by atoms with van der Waals surface area (Å²) < 4.78 is 5.52. The molecule has 150 valence electrons. The van der Waals surface area contributed by atoms with Gasteiger partial charge in [0.25, 0.3) is 0 Å². The Kier molecular flexibility index (Phi) is 6.12. The molecule has 0 saturated heterocycles. The van der Waals surface area contributed by atoms with E-state index < -0.39 is 6.09 Å². The molecule has 0 atom stereocenters. The van der Waals surface area contributed by atoms with E-state index in [2.05, 4.69) is 41.4 Å². The maximum atomic E-state index is 12.1. The van der Waals surface area contributed by atoms with E-state index in [4.69, 9.17) is 10.5 Å². The van der Waals surface area contributed by atoms with Gasteiger partial charge in [0.15, 0.2) is 0 Å². The van der Waals surface area contributed by atoms with Gasteiger partial charge in [0, 0.05) is 31.0 Å². The number of fused-ring (bicyclic) bond motifs is 3. The lowest BCUT2D eigenvalue weighted by Crippen LogP contribution is -2.26. The van der Waals surface area contributed by atoms with Crippen LogP contribution in [0.15, 0.2) is 72.8 Å². The molecule has 0 heterocycles. The van der Waals surface area contributed by atoms with Gasteiger partial charge in [-0.3, -0.25) is 0 Å². The molecule has 4 heteroatoms. The van der Waals surface area contributed by atoms with Crippen LogP contribution in [0.2, 0.25) is 0 Å². The van der Waals surface area contributed by atoms with E-state index in [0.29, 0.717) is 26.1 Å². The quantitative estimate of drug-likeness (QED) is 0.495. The molecule has 1 amide bonds. The molecule has 0 saturated carbocycles. The van der Waals surface area contributed by atoms with Crippen LogP contribution >= 0.6 is 0 Å². The minimum absolute atomic E-state index is 0.0674. The second kappa shape index (κ2) is 9.30. The van der Waals surface area contributed by atoms with Gasteiger partial charge in [0.1, 0.15) is 6.61 Å². The summed E-state index contributed by atoms with van der Waals surface area (Å²) in [5.74, 6) is 6.23. The van der Waals surface area contributed by atoms with Crippen molar-refractivity contribution in [2.75, 3.05) is 13.2 Å². The summed E-state index contributed by atoms with van der Waals surface area (Å²) in [6.07, 6.45) is 0.139. The third kappa shape index (κ3) is 4.37. The summed E-state index contributed by atoms with van der Waals surface area (Å²) in [6.45, 7) is 1.26. The highest BCUT2D eigenvalue weighted by Gasteiger charge is 2.28. The van der Waals surface area contributed by atoms with E-state index in [1.807, 2.05) is 48.5 Å². The summed E-state index contributed by atoms with van der Waals surface area (Å²) in [6, 6.07) is 24.4. The normalized spacial score (nSPS) is 11.8. The number of nitrogens with two attached hydrogens (primary N) is 1. The molecule has 0 fully saturated rings. The average Bonchev–Trinajstić information content (AvgIpc) is 3.11. The van der Waals surface area contributed by atoms with Crippen molar-refractivity contribution < 1.29 is 9.53 Å². The molecular weight excluding hydrogens is 372 g/mol. The molecule has 1 aliphatic rings. The van der Waals surface area contributed by atoms with E-state index in [9.17, 15) is 4.79 Å². The van der Waals surface area contributed by atoms with Crippen molar-refractivity contribution in [3.63, 3.8) is 0 Å². The first-order valence-electron chi connectivity index (χ1n) is 10.1. The third-order valence-electron chi connectivity index (χ3n) is 5.26. The first kappa shape index (κ1) is 19.8. The maximum Gasteiger partial charge on any atom is 0.407 e. The average molecular weight is 396 g/mol. The van der Waals surface area contributed by atoms with Crippen LogP contribution in [0.3, 0.4) is 0 Å². The van der Waals surface area contributed by atoms with Gasteiger partial charge in [-0.1, -0.05) is 72.5 Å². The van der Waals surface area contributed by atoms with Gasteiger partial charge in [-0.05, 0) is 39.9 Å². The van der Waals surface area contributed by atoms with Crippen molar-refractivity contribution >= 4 is 6.09 Å². The lowest BCUT2D eigenvalue weighted by Gasteiger charge is -2.14. The molecule has 3 aromatic carbocycles. The molecular formula is C26H24N2O2. The van der Waals surface area contributed by atoms with Crippen LogP contribution in [0.5, 0.6) is 0 Å². The van der Waals surface area contributed by atoms with Crippen molar-refractivity contribution in [1.82, 2.24) is 5.32 Å². The van der Waals surface area contributed by atoms with Crippen molar-refractivity contribution in [3.05, 3.63) is 95.1 Å². The zero-order valence-electron chi connectivity index (χ0n) is 16.7. The first-order valence-corrected chi connectivity index (χ1v) is 10.1. The first-order chi connectivity index (χ1) is 14.8. The summed E-state index contributed by atoms with van der Waals surface area (Å²) in [7, 11) is 0. The molecule has 4 nitrogen and oxygen atoms in total. The Labute approximate surface area is 177 Å². The SMILES string of the molecule is NCc1cccc(C#CCCNC(=O)OCC2c3ccccc3-c3ccccc32)c1. The Balaban J connectivity index is 1.28. The highest BCUT2D eigenvalue weighted by Crippen LogP contribution is 2.44. The van der Waals surface area contributed by atoms with E-state index >= 15 is 0 Å². The van der Waals surface area contributed by atoms with Crippen LogP contribution in [0.4, 0.5) is 4.79 Å². The summed E-state index contributed by atoms with van der Waals surface area (Å²) in [4.78, 5) is 12.1. The number of ether oxygens (including phenoxy) is 1. The van der Waals surface area contributed by atoms with Gasteiger partial charge in [-0.15, -0.1) is 0 Å². The summed E-state index contributed by atoms with van der Waals surface area (Å²) in [5.41, 5.74) is 12.5. The molecule has 3 N–H and O–H groups in total. The zero-order chi connectivity index (χ0) is 20.8. The molecule has 0 unspecified atom stereocenters. The fourth-order valence-electron chi connectivity index (χ4n) is 3.82. The van der Waals surface area contributed by atoms with Crippen LogP contribution in [-0.4, -0.2) is 19.2 Å². The van der Waals surface area contributed by atoms with Crippen molar-refractivity contribution in [2.45, 2.75) is 18.9 Å². The van der Waals surface area contributed by atoms with Gasteiger partial charge in [0.05, 0.1) is 0 Å². The van der Waals surface area contributed by atoms with Gasteiger partial charge in [-0.2, -0.15) is 0 Å². The second-order valence-electron chi connectivity index (χ2n) is 7.21. The topological polar surface area (TPSA) is 64.3 Å². The Morgan fingerprint density at radius 2 is 1.67 bits per heavy atom. The maximum absolute atomic E-state index is 12.1. The number of carbonyl (C=O) groups excluding carboxylic acids is 1. The minimum Gasteiger partial charge on any atom is -0.449 e. The minimum atomic E-state index is -0.413. The largest absolute Gasteiger partial charge is 0.449 e. The number of alkyl carbamates (subject to hydrolysis) is 1. The summed E-state index contributed by atoms with van der Waals surface area (Å²) >= 11 is 0. The lowest BCUT2D eigenvalue weighted by molar-refractivity contribution is 0.143. The van der Waals surface area contributed by atoms with E-state index in [-0.39, 0.29) is 5.92 Å². The second-order valence-corrected chi connectivity index (χ2v) is 7.21. The molecule has 30 heavy (non-hydrogen) atoms. The van der Waals surface area contributed by atoms with Gasteiger partial charge < -0.3 is 15.8 Å². The molecule has 0 spiro atoms. The number of amides is 1.